The summed E-state index contributed by atoms with van der Waals surface area (Å²) in [6, 6.07) is 16.6. The van der Waals surface area contributed by atoms with Crippen LogP contribution in [0.15, 0.2) is 64.5 Å². The number of aliphatic imine (C=N–C) groups is 1. The molecule has 0 spiro atoms. The van der Waals surface area contributed by atoms with Crippen molar-refractivity contribution < 1.29 is 8.60 Å². The molecule has 29 heavy (non-hydrogen) atoms. The lowest BCUT2D eigenvalue weighted by Gasteiger charge is -2.34. The maximum Gasteiger partial charge on any atom is 0.191 e. The van der Waals surface area contributed by atoms with Crippen LogP contribution in [0.4, 0.5) is 10.1 Å². The Morgan fingerprint density at radius 2 is 1.93 bits per heavy atom. The van der Waals surface area contributed by atoms with Crippen molar-refractivity contribution in [3.05, 3.63) is 60.4 Å². The van der Waals surface area contributed by atoms with E-state index in [1.807, 2.05) is 43.3 Å². The molecule has 1 unspecified atom stereocenters. The largest absolute Gasteiger partial charge is 0.371 e. The van der Waals surface area contributed by atoms with Crippen molar-refractivity contribution in [1.29, 1.82) is 0 Å². The fourth-order valence-electron chi connectivity index (χ4n) is 3.40. The first-order valence-electron chi connectivity index (χ1n) is 10.1. The van der Waals surface area contributed by atoms with Gasteiger partial charge in [-0.3, -0.25) is 9.20 Å². The Morgan fingerprint density at radius 3 is 2.62 bits per heavy atom. The molecule has 0 aromatic heterocycles. The topological polar surface area (TPSA) is 56.7 Å². The summed E-state index contributed by atoms with van der Waals surface area (Å²) in [5, 5.41) is 6.76. The summed E-state index contributed by atoms with van der Waals surface area (Å²) in [5.41, 5.74) is 0.937. The highest BCUT2D eigenvalue weighted by molar-refractivity contribution is 7.85. The van der Waals surface area contributed by atoms with Crippen LogP contribution in [-0.2, 0) is 10.8 Å². The first-order chi connectivity index (χ1) is 14.2. The predicted molar refractivity (Wildman–Crippen MR) is 118 cm³/mol. The van der Waals surface area contributed by atoms with Gasteiger partial charge in [-0.15, -0.1) is 0 Å². The quantitative estimate of drug-likeness (QED) is 0.538. The van der Waals surface area contributed by atoms with Crippen LogP contribution >= 0.6 is 0 Å². The zero-order chi connectivity index (χ0) is 20.5. The van der Waals surface area contributed by atoms with Crippen molar-refractivity contribution in [3.8, 4) is 0 Å². The summed E-state index contributed by atoms with van der Waals surface area (Å²) in [7, 11) is -1.04. The minimum absolute atomic E-state index is 0.197. The number of nitrogens with zero attached hydrogens (tertiary/aromatic N) is 2. The Morgan fingerprint density at radius 1 is 1.17 bits per heavy atom. The van der Waals surface area contributed by atoms with Crippen molar-refractivity contribution in [1.82, 2.24) is 10.6 Å². The van der Waals surface area contributed by atoms with Crippen LogP contribution in [0.5, 0.6) is 0 Å². The lowest BCUT2D eigenvalue weighted by molar-refractivity contribution is 0.461. The number of anilines is 1. The van der Waals surface area contributed by atoms with Gasteiger partial charge in [-0.2, -0.15) is 0 Å². The van der Waals surface area contributed by atoms with Gasteiger partial charge in [-0.05, 0) is 50.1 Å². The van der Waals surface area contributed by atoms with Crippen LogP contribution in [0.1, 0.15) is 19.8 Å². The molecule has 0 aliphatic carbocycles. The number of nitrogens with one attached hydrogen (secondary N) is 2. The molecule has 2 aromatic carbocycles. The standard InChI is InChI=1S/C22H29FN4OS/c1-2-24-22(25-13-16-29(28)21-9-4-3-5-10-21)26-19-11-14-27(15-12-19)20-8-6-7-18(23)17-20/h3-10,17,19H,2,11-16H2,1H3,(H2,24,25,26). The second-order valence-corrected chi connectivity index (χ2v) is 8.58. The predicted octanol–water partition coefficient (Wildman–Crippen LogP) is 3.16. The summed E-state index contributed by atoms with van der Waals surface area (Å²) in [5.74, 6) is 1.07. The molecule has 1 fully saturated rings. The van der Waals surface area contributed by atoms with E-state index in [4.69, 9.17) is 0 Å². The summed E-state index contributed by atoms with van der Waals surface area (Å²) in [4.78, 5) is 7.65. The van der Waals surface area contributed by atoms with Crippen molar-refractivity contribution in [2.45, 2.75) is 30.7 Å². The fourth-order valence-corrected chi connectivity index (χ4v) is 4.35. The molecule has 2 N–H and O–H groups in total. The van der Waals surface area contributed by atoms with Gasteiger partial charge in [0, 0.05) is 42.0 Å². The molecule has 2 aromatic rings. The summed E-state index contributed by atoms with van der Waals surface area (Å²) < 4.78 is 25.8. The molecule has 5 nitrogen and oxygen atoms in total. The van der Waals surface area contributed by atoms with Gasteiger partial charge in [0.15, 0.2) is 5.96 Å². The van der Waals surface area contributed by atoms with Gasteiger partial charge in [0.1, 0.15) is 5.82 Å². The summed E-state index contributed by atoms with van der Waals surface area (Å²) in [6.07, 6.45) is 1.91. The van der Waals surface area contributed by atoms with E-state index < -0.39 is 10.8 Å². The first-order valence-corrected chi connectivity index (χ1v) is 11.5. The average molecular weight is 417 g/mol. The number of hydrogen-bond donors (Lipinski definition) is 2. The Hall–Kier alpha value is -2.41. The molecule has 156 valence electrons. The van der Waals surface area contributed by atoms with Gasteiger partial charge in [-0.1, -0.05) is 24.3 Å². The van der Waals surface area contributed by atoms with E-state index >= 15 is 0 Å². The molecule has 0 saturated carbocycles. The molecule has 1 heterocycles. The molecule has 1 saturated heterocycles. The number of piperidine rings is 1. The Balaban J connectivity index is 1.49. The highest BCUT2D eigenvalue weighted by Gasteiger charge is 2.20. The molecule has 0 amide bonds. The highest BCUT2D eigenvalue weighted by Crippen LogP contribution is 2.20. The van der Waals surface area contributed by atoms with Crippen molar-refractivity contribution in [2.24, 2.45) is 4.99 Å². The molecule has 7 heteroatoms. The molecular weight excluding hydrogens is 387 g/mol. The molecular formula is C22H29FN4OS. The second kappa shape index (κ2) is 11.0. The van der Waals surface area contributed by atoms with E-state index in [0.29, 0.717) is 18.3 Å². The minimum Gasteiger partial charge on any atom is -0.371 e. The number of guanidine groups is 1. The molecule has 1 atom stereocenters. The molecule has 1 aliphatic heterocycles. The normalized spacial score (nSPS) is 16.5. The third kappa shape index (κ3) is 6.56. The van der Waals surface area contributed by atoms with Gasteiger partial charge < -0.3 is 15.5 Å². The minimum atomic E-state index is -1.04. The van der Waals surface area contributed by atoms with Crippen LogP contribution in [0.25, 0.3) is 0 Å². The van der Waals surface area contributed by atoms with Gasteiger partial charge in [0.25, 0.3) is 0 Å². The van der Waals surface area contributed by atoms with Gasteiger partial charge in [0.2, 0.25) is 0 Å². The molecule has 0 radical (unpaired) electrons. The zero-order valence-corrected chi connectivity index (χ0v) is 17.6. The fraction of sp³-hybridized carbons (Fsp3) is 0.409. The summed E-state index contributed by atoms with van der Waals surface area (Å²) >= 11 is 0. The molecule has 3 rings (SSSR count). The lowest BCUT2D eigenvalue weighted by Crippen LogP contribution is -2.48. The highest BCUT2D eigenvalue weighted by atomic mass is 32.2. The maximum absolute atomic E-state index is 13.5. The van der Waals surface area contributed by atoms with E-state index in [1.165, 1.54) is 6.07 Å². The Bertz CT molecular complexity index is 823. The van der Waals surface area contributed by atoms with E-state index in [0.717, 1.165) is 49.0 Å². The smallest absolute Gasteiger partial charge is 0.191 e. The third-order valence-corrected chi connectivity index (χ3v) is 6.26. The summed E-state index contributed by atoms with van der Waals surface area (Å²) in [6.45, 7) is 5.05. The van der Waals surface area contributed by atoms with E-state index in [-0.39, 0.29) is 5.82 Å². The van der Waals surface area contributed by atoms with E-state index in [2.05, 4.69) is 20.5 Å². The number of hydrogen-bond acceptors (Lipinski definition) is 3. The van der Waals surface area contributed by atoms with Crippen LogP contribution in [-0.4, -0.2) is 48.1 Å². The van der Waals surface area contributed by atoms with Crippen molar-refractivity contribution >= 4 is 22.4 Å². The lowest BCUT2D eigenvalue weighted by atomic mass is 10.0. The van der Waals surface area contributed by atoms with Gasteiger partial charge in [-0.25, -0.2) is 4.39 Å². The second-order valence-electron chi connectivity index (χ2n) is 7.01. The van der Waals surface area contributed by atoms with Crippen molar-refractivity contribution in [3.63, 3.8) is 0 Å². The number of halogens is 1. The van der Waals surface area contributed by atoms with Crippen LogP contribution < -0.4 is 15.5 Å². The van der Waals surface area contributed by atoms with Gasteiger partial charge >= 0.3 is 0 Å². The van der Waals surface area contributed by atoms with E-state index in [9.17, 15) is 8.60 Å². The van der Waals surface area contributed by atoms with Crippen LogP contribution in [0.2, 0.25) is 0 Å². The van der Waals surface area contributed by atoms with Gasteiger partial charge in [0.05, 0.1) is 17.3 Å². The Kier molecular flexibility index (Phi) is 8.04. The monoisotopic (exact) mass is 416 g/mol. The maximum atomic E-state index is 13.5. The Labute approximate surface area is 174 Å². The average Bonchev–Trinajstić information content (AvgIpc) is 2.75. The zero-order valence-electron chi connectivity index (χ0n) is 16.8. The van der Waals surface area contributed by atoms with E-state index in [1.54, 1.807) is 12.1 Å². The first kappa shape index (κ1) is 21.3. The number of rotatable bonds is 7. The van der Waals surface area contributed by atoms with Crippen molar-refractivity contribution in [2.75, 3.05) is 36.8 Å². The third-order valence-electron chi connectivity index (χ3n) is 4.91. The van der Waals surface area contributed by atoms with Crippen LogP contribution in [0, 0.1) is 5.82 Å². The SMILES string of the molecule is CCNC(=NCCS(=O)c1ccccc1)NC1CCN(c2cccc(F)c2)CC1. The van der Waals surface area contributed by atoms with Crippen LogP contribution in [0.3, 0.4) is 0 Å². The molecule has 1 aliphatic rings. The molecule has 0 bridgehead atoms. The number of benzene rings is 2.